The summed E-state index contributed by atoms with van der Waals surface area (Å²) in [7, 11) is 0. The van der Waals surface area contributed by atoms with Crippen molar-refractivity contribution in [1.29, 1.82) is 0 Å². The van der Waals surface area contributed by atoms with E-state index in [0.717, 1.165) is 68.4 Å². The van der Waals surface area contributed by atoms with E-state index >= 15 is 0 Å². The van der Waals surface area contributed by atoms with E-state index < -0.39 is 0 Å². The van der Waals surface area contributed by atoms with Gasteiger partial charge in [-0.1, -0.05) is 5.16 Å². The summed E-state index contributed by atoms with van der Waals surface area (Å²) in [6.07, 6.45) is 3.68. The van der Waals surface area contributed by atoms with Crippen molar-refractivity contribution >= 4 is 35.8 Å². The molecule has 3 rings (SSSR count). The number of aliphatic imine (C=N–C) groups is 1. The van der Waals surface area contributed by atoms with Crippen LogP contribution in [0.4, 0.5) is 0 Å². The molecule has 1 atom stereocenters. The van der Waals surface area contributed by atoms with Crippen LogP contribution in [0.1, 0.15) is 43.2 Å². The van der Waals surface area contributed by atoms with E-state index in [4.69, 9.17) is 9.52 Å². The highest BCUT2D eigenvalue weighted by molar-refractivity contribution is 14.0. The molecule has 146 valence electrons. The lowest BCUT2D eigenvalue weighted by atomic mass is 9.79. The number of guanidine groups is 1. The van der Waals surface area contributed by atoms with Gasteiger partial charge in [-0.15, -0.1) is 24.0 Å². The third kappa shape index (κ3) is 4.69. The average Bonchev–Trinajstić information content (AvgIpc) is 3.10. The van der Waals surface area contributed by atoms with Crippen molar-refractivity contribution in [2.45, 2.75) is 46.5 Å². The van der Waals surface area contributed by atoms with Gasteiger partial charge in [0.2, 0.25) is 5.91 Å². The number of nitrogens with zero attached hydrogens (tertiary/aromatic N) is 3. The first-order valence-electron chi connectivity index (χ1n) is 9.25. The molecular formula is C18H30IN5O2. The molecule has 0 aromatic carbocycles. The minimum absolute atomic E-state index is 0. The van der Waals surface area contributed by atoms with Gasteiger partial charge in [-0.25, -0.2) is 0 Å². The average molecular weight is 475 g/mol. The highest BCUT2D eigenvalue weighted by atomic mass is 127. The highest BCUT2D eigenvalue weighted by Crippen LogP contribution is 2.36. The van der Waals surface area contributed by atoms with E-state index in [1.165, 1.54) is 0 Å². The maximum absolute atomic E-state index is 11.7. The predicted octanol–water partition coefficient (Wildman–Crippen LogP) is 2.02. The number of halogens is 1. The van der Waals surface area contributed by atoms with Crippen molar-refractivity contribution in [3.05, 3.63) is 17.0 Å². The van der Waals surface area contributed by atoms with E-state index in [1.54, 1.807) is 0 Å². The minimum Gasteiger partial charge on any atom is -0.361 e. The fourth-order valence-corrected chi connectivity index (χ4v) is 3.99. The van der Waals surface area contributed by atoms with E-state index in [0.29, 0.717) is 13.0 Å². The van der Waals surface area contributed by atoms with Crippen molar-refractivity contribution < 1.29 is 9.32 Å². The van der Waals surface area contributed by atoms with Crippen LogP contribution in [0, 0.1) is 19.3 Å². The normalized spacial score (nSPS) is 23.1. The van der Waals surface area contributed by atoms with Crippen LogP contribution < -0.4 is 10.6 Å². The van der Waals surface area contributed by atoms with Gasteiger partial charge in [0.25, 0.3) is 0 Å². The maximum Gasteiger partial charge on any atom is 0.220 e. The van der Waals surface area contributed by atoms with Gasteiger partial charge in [-0.3, -0.25) is 9.79 Å². The Balaban J connectivity index is 0.00000243. The van der Waals surface area contributed by atoms with Crippen molar-refractivity contribution in [1.82, 2.24) is 20.7 Å². The number of nitrogens with one attached hydrogen (secondary N) is 2. The topological polar surface area (TPSA) is 82.8 Å². The molecule has 2 aliphatic rings. The molecule has 0 radical (unpaired) electrons. The molecule has 8 heteroatoms. The molecule has 3 heterocycles. The van der Waals surface area contributed by atoms with Crippen LogP contribution >= 0.6 is 24.0 Å². The Morgan fingerprint density at radius 3 is 2.88 bits per heavy atom. The summed E-state index contributed by atoms with van der Waals surface area (Å²) >= 11 is 0. The van der Waals surface area contributed by atoms with Crippen LogP contribution in [0.3, 0.4) is 0 Å². The van der Waals surface area contributed by atoms with Gasteiger partial charge in [0.15, 0.2) is 5.96 Å². The molecule has 0 aliphatic carbocycles. The highest BCUT2D eigenvalue weighted by Gasteiger charge is 2.42. The molecule has 1 aromatic heterocycles. The molecule has 26 heavy (non-hydrogen) atoms. The van der Waals surface area contributed by atoms with Gasteiger partial charge >= 0.3 is 0 Å². The number of amides is 1. The lowest BCUT2D eigenvalue weighted by Crippen LogP contribution is -2.51. The van der Waals surface area contributed by atoms with Crippen molar-refractivity contribution in [2.24, 2.45) is 10.4 Å². The quantitative estimate of drug-likeness (QED) is 0.396. The van der Waals surface area contributed by atoms with Gasteiger partial charge in [0.05, 0.1) is 5.69 Å². The van der Waals surface area contributed by atoms with Crippen molar-refractivity contribution in [3.8, 4) is 0 Å². The van der Waals surface area contributed by atoms with Crippen LogP contribution in [0.2, 0.25) is 0 Å². The molecule has 0 saturated carbocycles. The predicted molar refractivity (Wildman–Crippen MR) is 112 cm³/mol. The lowest BCUT2D eigenvalue weighted by Gasteiger charge is -2.40. The number of hydrogen-bond acceptors (Lipinski definition) is 4. The number of piperidine rings is 1. The second-order valence-electron chi connectivity index (χ2n) is 7.27. The van der Waals surface area contributed by atoms with Crippen LogP contribution in [-0.4, -0.2) is 54.6 Å². The molecule has 2 saturated heterocycles. The smallest absolute Gasteiger partial charge is 0.220 e. The van der Waals surface area contributed by atoms with E-state index in [2.05, 4.69) is 27.6 Å². The molecule has 7 nitrogen and oxygen atoms in total. The number of aromatic nitrogens is 1. The Hall–Kier alpha value is -1.32. The van der Waals surface area contributed by atoms with Crippen LogP contribution in [0.15, 0.2) is 9.52 Å². The summed E-state index contributed by atoms with van der Waals surface area (Å²) in [5.74, 6) is 2.01. The van der Waals surface area contributed by atoms with Gasteiger partial charge in [0.1, 0.15) is 5.76 Å². The second-order valence-corrected chi connectivity index (χ2v) is 7.27. The molecule has 2 aliphatic heterocycles. The molecule has 1 aromatic rings. The number of likely N-dealkylation sites (tertiary alicyclic amines) is 1. The summed E-state index contributed by atoms with van der Waals surface area (Å²) in [6, 6.07) is 0. The Bertz CT molecular complexity index is 641. The number of hydrogen-bond donors (Lipinski definition) is 2. The van der Waals surface area contributed by atoms with Crippen molar-refractivity contribution in [3.63, 3.8) is 0 Å². The molecule has 1 amide bonds. The first kappa shape index (κ1) is 21.0. The van der Waals surface area contributed by atoms with E-state index in [-0.39, 0.29) is 35.3 Å². The third-order valence-corrected chi connectivity index (χ3v) is 5.30. The third-order valence-electron chi connectivity index (χ3n) is 5.30. The number of carbonyl (C=O) groups excluding carboxylic acids is 1. The van der Waals surface area contributed by atoms with E-state index in [1.807, 2.05) is 13.8 Å². The SMILES string of the molecule is CCNC(=NCCc1c(C)noc1C)N1CCCC2(CNC(=O)C2)C1.I. The summed E-state index contributed by atoms with van der Waals surface area (Å²) in [4.78, 5) is 18.8. The number of aryl methyl sites for hydroxylation is 2. The van der Waals surface area contributed by atoms with Gasteiger partial charge in [0, 0.05) is 50.1 Å². The van der Waals surface area contributed by atoms with Gasteiger partial charge < -0.3 is 20.1 Å². The zero-order valence-corrected chi connectivity index (χ0v) is 18.3. The summed E-state index contributed by atoms with van der Waals surface area (Å²) in [6.45, 7) is 10.2. The Labute approximate surface area is 172 Å². The van der Waals surface area contributed by atoms with Crippen LogP contribution in [0.25, 0.3) is 0 Å². The fourth-order valence-electron chi connectivity index (χ4n) is 3.99. The Morgan fingerprint density at radius 2 is 2.27 bits per heavy atom. The maximum atomic E-state index is 11.7. The first-order valence-corrected chi connectivity index (χ1v) is 9.25. The van der Waals surface area contributed by atoms with Crippen molar-refractivity contribution in [2.75, 3.05) is 32.7 Å². The standard InChI is InChI=1S/C18H29N5O2.HI/c1-4-19-17(20-8-6-15-13(2)22-25-14(15)3)23-9-5-7-18(12-23)10-16(24)21-11-18;/h4-12H2,1-3H3,(H,19,20)(H,21,24);1H. The van der Waals surface area contributed by atoms with Crippen LogP contribution in [-0.2, 0) is 11.2 Å². The Morgan fingerprint density at radius 1 is 1.46 bits per heavy atom. The minimum atomic E-state index is 0. The number of rotatable bonds is 4. The summed E-state index contributed by atoms with van der Waals surface area (Å²) in [5.41, 5.74) is 2.18. The number of carbonyl (C=O) groups is 1. The largest absolute Gasteiger partial charge is 0.361 e. The molecule has 1 spiro atoms. The fraction of sp³-hybridized carbons (Fsp3) is 0.722. The summed E-state index contributed by atoms with van der Waals surface area (Å²) in [5, 5.41) is 10.4. The summed E-state index contributed by atoms with van der Waals surface area (Å²) < 4.78 is 5.23. The molecule has 2 N–H and O–H groups in total. The van der Waals surface area contributed by atoms with Crippen LogP contribution in [0.5, 0.6) is 0 Å². The monoisotopic (exact) mass is 475 g/mol. The lowest BCUT2D eigenvalue weighted by molar-refractivity contribution is -0.119. The molecular weight excluding hydrogens is 445 g/mol. The van der Waals surface area contributed by atoms with E-state index in [9.17, 15) is 4.79 Å². The van der Waals surface area contributed by atoms with Gasteiger partial charge in [-0.05, 0) is 40.0 Å². The zero-order valence-electron chi connectivity index (χ0n) is 15.9. The second kappa shape index (κ2) is 9.05. The zero-order chi connectivity index (χ0) is 17.9. The Kier molecular flexibility index (Phi) is 7.31. The molecule has 2 fully saturated rings. The molecule has 1 unspecified atom stereocenters. The molecule has 0 bridgehead atoms. The van der Waals surface area contributed by atoms with Gasteiger partial charge in [-0.2, -0.15) is 0 Å². The first-order chi connectivity index (χ1) is 12.0.